The summed E-state index contributed by atoms with van der Waals surface area (Å²) in [5.41, 5.74) is 5.15. The monoisotopic (exact) mass is 576 g/mol. The second kappa shape index (κ2) is 11.9. The first-order valence-electron chi connectivity index (χ1n) is 15.0. The highest BCUT2D eigenvalue weighted by Gasteiger charge is 2.42. The Morgan fingerprint density at radius 1 is 0.977 bits per heavy atom. The quantitative estimate of drug-likeness (QED) is 0.203. The van der Waals surface area contributed by atoms with Crippen LogP contribution in [0.2, 0.25) is 0 Å². The number of carboxylic acids is 1. The molecule has 0 atom stereocenters. The van der Waals surface area contributed by atoms with E-state index in [0.717, 1.165) is 54.1 Å². The molecule has 0 saturated heterocycles. The lowest BCUT2D eigenvalue weighted by Crippen LogP contribution is -2.55. The van der Waals surface area contributed by atoms with Crippen LogP contribution in [0, 0.1) is 0 Å². The number of pyridine rings is 1. The van der Waals surface area contributed by atoms with Gasteiger partial charge in [0.2, 0.25) is 5.91 Å². The Bertz CT molecular complexity index is 1690. The number of benzene rings is 2. The van der Waals surface area contributed by atoms with Gasteiger partial charge in [0, 0.05) is 41.5 Å². The molecule has 220 valence electrons. The van der Waals surface area contributed by atoms with Crippen LogP contribution in [-0.4, -0.2) is 38.0 Å². The maximum atomic E-state index is 13.7. The lowest BCUT2D eigenvalue weighted by Gasteiger charge is -2.29. The highest BCUT2D eigenvalue weighted by molar-refractivity contribution is 6.05. The molecule has 2 aromatic carbocycles. The predicted molar refractivity (Wildman–Crippen MR) is 168 cm³/mol. The van der Waals surface area contributed by atoms with Crippen molar-refractivity contribution in [1.29, 1.82) is 0 Å². The van der Waals surface area contributed by atoms with Gasteiger partial charge in [-0.1, -0.05) is 49.9 Å². The highest BCUT2D eigenvalue weighted by atomic mass is 16.4. The van der Waals surface area contributed by atoms with Crippen molar-refractivity contribution in [2.24, 2.45) is 7.05 Å². The Morgan fingerprint density at radius 3 is 2.40 bits per heavy atom. The number of rotatable bonds is 8. The largest absolute Gasteiger partial charge is 0.478 e. The molecule has 0 unspecified atom stereocenters. The minimum Gasteiger partial charge on any atom is -0.478 e. The minimum absolute atomic E-state index is 0.243. The average Bonchev–Trinajstić information content (AvgIpc) is 3.78. The summed E-state index contributed by atoms with van der Waals surface area (Å²) in [6, 6.07) is 18.8. The molecule has 2 saturated carbocycles. The summed E-state index contributed by atoms with van der Waals surface area (Å²) in [5.74, 6) is -1.07. The Balaban J connectivity index is 1.27. The van der Waals surface area contributed by atoms with Crippen molar-refractivity contribution >= 4 is 40.4 Å². The van der Waals surface area contributed by atoms with Crippen molar-refractivity contribution < 1.29 is 19.5 Å². The number of anilines is 1. The van der Waals surface area contributed by atoms with Crippen LogP contribution in [-0.2, 0) is 16.6 Å². The number of hydrogen-bond acceptors (Lipinski definition) is 4. The van der Waals surface area contributed by atoms with E-state index in [1.807, 2.05) is 43.6 Å². The van der Waals surface area contributed by atoms with Gasteiger partial charge in [0.05, 0.1) is 11.4 Å². The van der Waals surface area contributed by atoms with Crippen molar-refractivity contribution in [2.45, 2.75) is 62.8 Å². The predicted octanol–water partition coefficient (Wildman–Crippen LogP) is 6.68. The molecule has 2 amide bonds. The van der Waals surface area contributed by atoms with Gasteiger partial charge in [-0.25, -0.2) is 4.79 Å². The SMILES string of the molecule is Cn1c(-c2ccccn2)c(C2CCCC2)c2ccc(C(=O)NC3(C(=O)Nc4ccc(/C=C/C(=O)O)cc4)CCCC3)cc21. The van der Waals surface area contributed by atoms with E-state index in [-0.39, 0.29) is 11.8 Å². The zero-order valence-corrected chi connectivity index (χ0v) is 24.3. The summed E-state index contributed by atoms with van der Waals surface area (Å²) in [4.78, 5) is 42.8. The van der Waals surface area contributed by atoms with Gasteiger partial charge < -0.3 is 20.3 Å². The van der Waals surface area contributed by atoms with Gasteiger partial charge in [-0.3, -0.25) is 14.6 Å². The highest BCUT2D eigenvalue weighted by Crippen LogP contribution is 2.44. The summed E-state index contributed by atoms with van der Waals surface area (Å²) in [6.45, 7) is 0. The smallest absolute Gasteiger partial charge is 0.328 e. The van der Waals surface area contributed by atoms with E-state index < -0.39 is 11.5 Å². The van der Waals surface area contributed by atoms with Crippen molar-refractivity contribution in [2.75, 3.05) is 5.32 Å². The van der Waals surface area contributed by atoms with Gasteiger partial charge in [0.15, 0.2) is 0 Å². The molecule has 2 aliphatic rings. The summed E-state index contributed by atoms with van der Waals surface area (Å²) >= 11 is 0. The number of aliphatic carboxylic acids is 1. The van der Waals surface area contributed by atoms with Crippen molar-refractivity contribution in [1.82, 2.24) is 14.9 Å². The van der Waals surface area contributed by atoms with E-state index in [0.29, 0.717) is 35.6 Å². The van der Waals surface area contributed by atoms with Gasteiger partial charge >= 0.3 is 5.97 Å². The second-order valence-corrected chi connectivity index (χ2v) is 11.7. The molecule has 0 spiro atoms. The summed E-state index contributed by atoms with van der Waals surface area (Å²) in [5, 5.41) is 16.1. The van der Waals surface area contributed by atoms with Gasteiger partial charge in [-0.2, -0.15) is 0 Å². The molecule has 0 aliphatic heterocycles. The molecule has 43 heavy (non-hydrogen) atoms. The first kappa shape index (κ1) is 28.4. The Kier molecular flexibility index (Phi) is 7.84. The van der Waals surface area contributed by atoms with Crippen LogP contribution in [0.1, 0.15) is 78.8 Å². The first-order chi connectivity index (χ1) is 20.8. The molecule has 2 fully saturated rings. The molecule has 6 rings (SSSR count). The maximum Gasteiger partial charge on any atom is 0.328 e. The van der Waals surface area contributed by atoms with Crippen molar-refractivity contribution in [3.05, 3.63) is 89.6 Å². The molecule has 0 bridgehead atoms. The van der Waals surface area contributed by atoms with Crippen LogP contribution in [0.25, 0.3) is 28.4 Å². The average molecular weight is 577 g/mol. The van der Waals surface area contributed by atoms with Crippen molar-refractivity contribution in [3.8, 4) is 11.4 Å². The number of fused-ring (bicyclic) bond motifs is 1. The number of amides is 2. The Labute approximate surface area is 250 Å². The van der Waals surface area contributed by atoms with Gasteiger partial charge in [-0.05, 0) is 85.2 Å². The molecule has 0 radical (unpaired) electrons. The zero-order chi connectivity index (χ0) is 30.0. The van der Waals surface area contributed by atoms with Crippen LogP contribution in [0.3, 0.4) is 0 Å². The number of carboxylic acid groups (broad SMARTS) is 1. The van der Waals surface area contributed by atoms with E-state index in [9.17, 15) is 14.4 Å². The fourth-order valence-electron chi connectivity index (χ4n) is 6.82. The van der Waals surface area contributed by atoms with E-state index in [1.54, 1.807) is 24.3 Å². The molecule has 8 heteroatoms. The molecular formula is C35H36N4O4. The molecule has 2 aliphatic carbocycles. The number of aromatic nitrogens is 2. The fourth-order valence-corrected chi connectivity index (χ4v) is 6.82. The third kappa shape index (κ3) is 5.69. The lowest BCUT2D eigenvalue weighted by atomic mass is 9.92. The molecule has 2 aromatic heterocycles. The van der Waals surface area contributed by atoms with Gasteiger partial charge in [-0.15, -0.1) is 0 Å². The van der Waals surface area contributed by atoms with Crippen LogP contribution < -0.4 is 10.6 Å². The Morgan fingerprint density at radius 2 is 1.72 bits per heavy atom. The zero-order valence-electron chi connectivity index (χ0n) is 24.3. The number of carbonyl (C=O) groups is 3. The summed E-state index contributed by atoms with van der Waals surface area (Å²) in [6.07, 6.45) is 12.0. The van der Waals surface area contributed by atoms with Crippen LogP contribution in [0.15, 0.2) is 72.9 Å². The van der Waals surface area contributed by atoms with Crippen LogP contribution in [0.4, 0.5) is 5.69 Å². The molecular weight excluding hydrogens is 540 g/mol. The van der Waals surface area contributed by atoms with E-state index in [4.69, 9.17) is 5.11 Å². The maximum absolute atomic E-state index is 13.7. The van der Waals surface area contributed by atoms with Crippen molar-refractivity contribution in [3.63, 3.8) is 0 Å². The molecule has 2 heterocycles. The lowest BCUT2D eigenvalue weighted by molar-refractivity contribution is -0.131. The fraction of sp³-hybridized carbons (Fsp3) is 0.314. The van der Waals surface area contributed by atoms with Gasteiger partial charge in [0.25, 0.3) is 5.91 Å². The molecule has 3 N–H and O–H groups in total. The Hall–Kier alpha value is -4.72. The number of nitrogens with one attached hydrogen (secondary N) is 2. The first-order valence-corrected chi connectivity index (χ1v) is 15.0. The second-order valence-electron chi connectivity index (χ2n) is 11.7. The minimum atomic E-state index is -1.02. The van der Waals surface area contributed by atoms with E-state index in [2.05, 4.69) is 26.3 Å². The normalized spacial score (nSPS) is 16.6. The summed E-state index contributed by atoms with van der Waals surface area (Å²) < 4.78 is 2.16. The van der Waals surface area contributed by atoms with Gasteiger partial charge in [0.1, 0.15) is 5.54 Å². The standard InChI is InChI=1S/C35H36N4O4/c1-39-29-22-25(14-17-27(29)31(24-8-2-3-9-24)32(39)28-10-4-7-21-36-28)33(42)38-35(19-5-6-20-35)34(43)37-26-15-11-23(12-16-26)13-18-30(40)41/h4,7,10-18,21-22,24H,2-3,5-6,8-9,19-20H2,1H3,(H,37,43)(H,38,42)(H,40,41)/b18-13+. The third-order valence-electron chi connectivity index (χ3n) is 9.00. The molecule has 4 aromatic rings. The number of aryl methyl sites for hydroxylation is 1. The topological polar surface area (TPSA) is 113 Å². The number of hydrogen-bond donors (Lipinski definition) is 3. The molecule has 8 nitrogen and oxygen atoms in total. The number of nitrogens with zero attached hydrogens (tertiary/aromatic N) is 2. The van der Waals surface area contributed by atoms with E-state index >= 15 is 0 Å². The van der Waals surface area contributed by atoms with E-state index in [1.165, 1.54) is 24.5 Å². The van der Waals surface area contributed by atoms with Crippen LogP contribution in [0.5, 0.6) is 0 Å². The number of carbonyl (C=O) groups excluding carboxylic acids is 2. The summed E-state index contributed by atoms with van der Waals surface area (Å²) in [7, 11) is 2.04. The van der Waals surface area contributed by atoms with Crippen LogP contribution >= 0.6 is 0 Å². The third-order valence-corrected chi connectivity index (χ3v) is 9.00.